The molecule has 1 amide bonds. The van der Waals surface area contributed by atoms with Crippen molar-refractivity contribution in [3.05, 3.63) is 0 Å². The van der Waals surface area contributed by atoms with Gasteiger partial charge in [0.1, 0.15) is 0 Å². The van der Waals surface area contributed by atoms with Crippen molar-refractivity contribution in [2.45, 2.75) is 19.3 Å². The van der Waals surface area contributed by atoms with E-state index < -0.39 is 0 Å². The van der Waals surface area contributed by atoms with Gasteiger partial charge in [0.05, 0.1) is 0 Å². The fourth-order valence-corrected chi connectivity index (χ4v) is 3.44. The molecule has 0 aliphatic carbocycles. The van der Waals surface area contributed by atoms with Crippen LogP contribution in [0, 0.1) is 11.8 Å². The Morgan fingerprint density at radius 1 is 1.33 bits per heavy atom. The van der Waals surface area contributed by atoms with Crippen LogP contribution >= 0.6 is 11.8 Å². The molecular formula is C11H20N2OS. The molecule has 86 valence electrons. The van der Waals surface area contributed by atoms with Gasteiger partial charge in [0.15, 0.2) is 0 Å². The van der Waals surface area contributed by atoms with Crippen LogP contribution in [0.2, 0.25) is 0 Å². The number of amides is 1. The molecule has 2 fully saturated rings. The molecule has 0 bridgehead atoms. The van der Waals surface area contributed by atoms with Crippen molar-refractivity contribution in [2.24, 2.45) is 11.8 Å². The summed E-state index contributed by atoms with van der Waals surface area (Å²) in [7, 11) is 0. The van der Waals surface area contributed by atoms with Gasteiger partial charge in [-0.2, -0.15) is 11.8 Å². The van der Waals surface area contributed by atoms with Gasteiger partial charge in [0, 0.05) is 18.2 Å². The summed E-state index contributed by atoms with van der Waals surface area (Å²) in [5, 5.41) is 6.46. The van der Waals surface area contributed by atoms with E-state index in [1.807, 2.05) is 11.8 Å². The van der Waals surface area contributed by atoms with Crippen molar-refractivity contribution in [1.29, 1.82) is 0 Å². The van der Waals surface area contributed by atoms with E-state index in [0.717, 1.165) is 37.6 Å². The first-order chi connectivity index (χ1) is 7.36. The Bertz CT molecular complexity index is 211. The van der Waals surface area contributed by atoms with Crippen LogP contribution < -0.4 is 10.6 Å². The minimum atomic E-state index is 0.289. The molecule has 0 aromatic rings. The van der Waals surface area contributed by atoms with Crippen molar-refractivity contribution < 1.29 is 4.79 Å². The van der Waals surface area contributed by atoms with E-state index >= 15 is 0 Å². The summed E-state index contributed by atoms with van der Waals surface area (Å²) in [5.74, 6) is 3.46. The summed E-state index contributed by atoms with van der Waals surface area (Å²) in [4.78, 5) is 11.7. The molecule has 2 rings (SSSR count). The smallest absolute Gasteiger partial charge is 0.223 e. The van der Waals surface area contributed by atoms with E-state index in [9.17, 15) is 4.79 Å². The first-order valence-electron chi connectivity index (χ1n) is 5.92. The van der Waals surface area contributed by atoms with Crippen molar-refractivity contribution in [3.63, 3.8) is 0 Å². The minimum absolute atomic E-state index is 0.289. The Hall–Kier alpha value is -0.220. The van der Waals surface area contributed by atoms with E-state index in [1.165, 1.54) is 12.8 Å². The van der Waals surface area contributed by atoms with Gasteiger partial charge in [-0.3, -0.25) is 4.79 Å². The fourth-order valence-electron chi connectivity index (χ4n) is 2.22. The number of carbonyl (C=O) groups excluding carboxylic acids is 1. The maximum atomic E-state index is 11.7. The molecule has 0 aromatic heterocycles. The van der Waals surface area contributed by atoms with Crippen LogP contribution in [0.5, 0.6) is 0 Å². The summed E-state index contributed by atoms with van der Waals surface area (Å²) >= 11 is 1.90. The van der Waals surface area contributed by atoms with Gasteiger partial charge in [-0.1, -0.05) is 0 Å². The molecule has 4 heteroatoms. The van der Waals surface area contributed by atoms with Crippen LogP contribution in [-0.2, 0) is 4.79 Å². The first kappa shape index (κ1) is 11.3. The molecule has 2 saturated heterocycles. The average molecular weight is 228 g/mol. The van der Waals surface area contributed by atoms with Crippen molar-refractivity contribution >= 4 is 17.7 Å². The highest BCUT2D eigenvalue weighted by Crippen LogP contribution is 2.23. The molecule has 2 heterocycles. The fraction of sp³-hybridized carbons (Fsp3) is 0.909. The number of carbonyl (C=O) groups is 1. The number of rotatable bonds is 3. The van der Waals surface area contributed by atoms with Gasteiger partial charge < -0.3 is 10.6 Å². The van der Waals surface area contributed by atoms with E-state index in [2.05, 4.69) is 10.6 Å². The minimum Gasteiger partial charge on any atom is -0.356 e. The first-order valence-corrected chi connectivity index (χ1v) is 7.08. The van der Waals surface area contributed by atoms with Crippen molar-refractivity contribution in [1.82, 2.24) is 10.6 Å². The van der Waals surface area contributed by atoms with E-state index in [-0.39, 0.29) is 5.92 Å². The zero-order valence-electron chi connectivity index (χ0n) is 9.13. The average Bonchev–Trinajstić information content (AvgIpc) is 2.81. The van der Waals surface area contributed by atoms with Gasteiger partial charge >= 0.3 is 0 Å². The molecule has 1 atom stereocenters. The van der Waals surface area contributed by atoms with Crippen LogP contribution in [0.3, 0.4) is 0 Å². The van der Waals surface area contributed by atoms with Crippen LogP contribution in [0.4, 0.5) is 0 Å². The molecule has 2 aliphatic heterocycles. The van der Waals surface area contributed by atoms with Crippen LogP contribution in [0.1, 0.15) is 19.3 Å². The van der Waals surface area contributed by atoms with Crippen LogP contribution in [0.15, 0.2) is 0 Å². The second-order valence-corrected chi connectivity index (χ2v) is 5.65. The predicted octanol–water partition coefficient (Wildman–Crippen LogP) is 0.855. The molecule has 0 saturated carbocycles. The van der Waals surface area contributed by atoms with Crippen molar-refractivity contribution in [3.8, 4) is 0 Å². The molecule has 2 N–H and O–H groups in total. The predicted molar refractivity (Wildman–Crippen MR) is 64.0 cm³/mol. The van der Waals surface area contributed by atoms with E-state index in [4.69, 9.17) is 0 Å². The highest BCUT2D eigenvalue weighted by molar-refractivity contribution is 7.99. The lowest BCUT2D eigenvalue weighted by Gasteiger charge is -2.23. The highest BCUT2D eigenvalue weighted by atomic mass is 32.2. The summed E-state index contributed by atoms with van der Waals surface area (Å²) in [5.41, 5.74) is 0. The van der Waals surface area contributed by atoms with Crippen molar-refractivity contribution in [2.75, 3.05) is 31.1 Å². The zero-order chi connectivity index (χ0) is 10.5. The number of piperidine rings is 1. The quantitative estimate of drug-likeness (QED) is 0.752. The van der Waals surface area contributed by atoms with E-state index in [0.29, 0.717) is 11.8 Å². The second kappa shape index (κ2) is 5.75. The Kier molecular flexibility index (Phi) is 4.32. The molecule has 0 spiro atoms. The number of hydrogen-bond acceptors (Lipinski definition) is 3. The Morgan fingerprint density at radius 3 is 2.80 bits per heavy atom. The maximum Gasteiger partial charge on any atom is 0.223 e. The Labute approximate surface area is 95.8 Å². The Morgan fingerprint density at radius 2 is 2.13 bits per heavy atom. The molecule has 0 aromatic carbocycles. The molecule has 0 radical (unpaired) electrons. The van der Waals surface area contributed by atoms with Crippen LogP contribution in [0.25, 0.3) is 0 Å². The topological polar surface area (TPSA) is 41.1 Å². The third-order valence-corrected chi connectivity index (χ3v) is 4.49. The Balaban J connectivity index is 1.65. The molecule has 3 nitrogen and oxygen atoms in total. The van der Waals surface area contributed by atoms with Gasteiger partial charge in [-0.05, 0) is 44.0 Å². The lowest BCUT2D eigenvalue weighted by Crippen LogP contribution is -2.38. The lowest BCUT2D eigenvalue weighted by molar-refractivity contribution is -0.124. The molecule has 2 aliphatic rings. The standard InChI is InChI=1S/C11H20N2OS/c14-11(10-3-6-15-8-10)13-7-9-1-4-12-5-2-9/h9-10,12H,1-8H2,(H,13,14). The van der Waals surface area contributed by atoms with Gasteiger partial charge in [-0.25, -0.2) is 0 Å². The zero-order valence-corrected chi connectivity index (χ0v) is 9.94. The van der Waals surface area contributed by atoms with E-state index in [1.54, 1.807) is 0 Å². The number of nitrogens with one attached hydrogen (secondary N) is 2. The maximum absolute atomic E-state index is 11.7. The summed E-state index contributed by atoms with van der Waals surface area (Å²) < 4.78 is 0. The van der Waals surface area contributed by atoms with Gasteiger partial charge in [-0.15, -0.1) is 0 Å². The molecular weight excluding hydrogens is 208 g/mol. The van der Waals surface area contributed by atoms with Gasteiger partial charge in [0.25, 0.3) is 0 Å². The van der Waals surface area contributed by atoms with Gasteiger partial charge in [0.2, 0.25) is 5.91 Å². The monoisotopic (exact) mass is 228 g/mol. The number of hydrogen-bond donors (Lipinski definition) is 2. The third-order valence-electron chi connectivity index (χ3n) is 3.32. The largest absolute Gasteiger partial charge is 0.356 e. The third kappa shape index (κ3) is 3.38. The second-order valence-electron chi connectivity index (χ2n) is 4.50. The number of thioether (sulfide) groups is 1. The van der Waals surface area contributed by atoms with Crippen LogP contribution in [-0.4, -0.2) is 37.0 Å². The summed E-state index contributed by atoms with van der Waals surface area (Å²) in [6.07, 6.45) is 3.49. The molecule has 1 unspecified atom stereocenters. The normalized spacial score (nSPS) is 27.9. The summed E-state index contributed by atoms with van der Waals surface area (Å²) in [6.45, 7) is 3.11. The molecule has 15 heavy (non-hydrogen) atoms. The SMILES string of the molecule is O=C(NCC1CCNCC1)C1CCSC1. The summed E-state index contributed by atoms with van der Waals surface area (Å²) in [6, 6.07) is 0. The highest BCUT2D eigenvalue weighted by Gasteiger charge is 2.23. The lowest BCUT2D eigenvalue weighted by atomic mass is 9.98.